The number of hydrogen-bond acceptors (Lipinski definition) is 2. The average Bonchev–Trinajstić information content (AvgIpc) is 2.38. The van der Waals surface area contributed by atoms with Crippen molar-refractivity contribution in [2.24, 2.45) is 0 Å². The maximum Gasteiger partial charge on any atom is 0.0991 e. The Hall–Kier alpha value is -1.33. The number of nitrogens with zero attached hydrogens (tertiary/aromatic N) is 1. The Labute approximate surface area is 104 Å². The van der Waals surface area contributed by atoms with Gasteiger partial charge in [-0.25, -0.2) is 0 Å². The fourth-order valence-corrected chi connectivity index (χ4v) is 1.67. The largest absolute Gasteiger partial charge is 0.377 e. The molecule has 0 atom stereocenters. The quantitative estimate of drug-likeness (QED) is 0.632. The van der Waals surface area contributed by atoms with Crippen LogP contribution in [0.5, 0.6) is 0 Å². The fraction of sp³-hybridized carbons (Fsp3) is 0.533. The van der Waals surface area contributed by atoms with Gasteiger partial charge in [-0.2, -0.15) is 5.26 Å². The maximum atomic E-state index is 8.66. The second kappa shape index (κ2) is 8.78. The molecule has 0 aliphatic carbocycles. The van der Waals surface area contributed by atoms with Crippen molar-refractivity contribution in [1.82, 2.24) is 0 Å². The van der Waals surface area contributed by atoms with Crippen molar-refractivity contribution in [3.05, 3.63) is 35.4 Å². The van der Waals surface area contributed by atoms with Gasteiger partial charge < -0.3 is 4.74 Å². The molecule has 0 radical (unpaired) electrons. The summed E-state index contributed by atoms with van der Waals surface area (Å²) in [6, 6.07) is 9.68. The van der Waals surface area contributed by atoms with Gasteiger partial charge in [0, 0.05) is 6.61 Å². The SMILES string of the molecule is CCCCCCCOCc1ccc(C#N)cc1. The number of rotatable bonds is 8. The third-order valence-electron chi connectivity index (χ3n) is 2.74. The van der Waals surface area contributed by atoms with E-state index >= 15 is 0 Å². The van der Waals surface area contributed by atoms with Crippen LogP contribution < -0.4 is 0 Å². The summed E-state index contributed by atoms with van der Waals surface area (Å²) >= 11 is 0. The molecule has 17 heavy (non-hydrogen) atoms. The Balaban J connectivity index is 2.08. The number of nitriles is 1. The fourth-order valence-electron chi connectivity index (χ4n) is 1.67. The van der Waals surface area contributed by atoms with Gasteiger partial charge in [0.1, 0.15) is 0 Å². The van der Waals surface area contributed by atoms with Crippen molar-refractivity contribution in [1.29, 1.82) is 5.26 Å². The van der Waals surface area contributed by atoms with E-state index in [2.05, 4.69) is 13.0 Å². The van der Waals surface area contributed by atoms with Crippen LogP contribution >= 0.6 is 0 Å². The van der Waals surface area contributed by atoms with Gasteiger partial charge in [-0.15, -0.1) is 0 Å². The summed E-state index contributed by atoms with van der Waals surface area (Å²) in [6.07, 6.45) is 6.34. The van der Waals surface area contributed by atoms with Gasteiger partial charge in [-0.1, -0.05) is 44.7 Å². The van der Waals surface area contributed by atoms with Crippen LogP contribution in [0.1, 0.15) is 50.2 Å². The molecule has 0 aromatic heterocycles. The number of unbranched alkanes of at least 4 members (excludes halogenated alkanes) is 4. The highest BCUT2D eigenvalue weighted by molar-refractivity contribution is 5.31. The zero-order chi connectivity index (χ0) is 12.3. The topological polar surface area (TPSA) is 33.0 Å². The predicted molar refractivity (Wildman–Crippen MR) is 69.6 cm³/mol. The molecule has 1 aromatic rings. The Bertz CT molecular complexity index is 337. The molecule has 0 aliphatic heterocycles. The first-order valence-electron chi connectivity index (χ1n) is 6.43. The average molecular weight is 231 g/mol. The maximum absolute atomic E-state index is 8.66. The molecule has 0 bridgehead atoms. The van der Waals surface area contributed by atoms with Crippen LogP contribution in [-0.4, -0.2) is 6.61 Å². The van der Waals surface area contributed by atoms with Crippen molar-refractivity contribution < 1.29 is 4.74 Å². The lowest BCUT2D eigenvalue weighted by Crippen LogP contribution is -1.95. The van der Waals surface area contributed by atoms with Crippen LogP contribution in [0.2, 0.25) is 0 Å². The monoisotopic (exact) mass is 231 g/mol. The molecule has 0 heterocycles. The molecule has 92 valence electrons. The summed E-state index contributed by atoms with van der Waals surface area (Å²) in [5, 5.41) is 8.66. The summed E-state index contributed by atoms with van der Waals surface area (Å²) in [7, 11) is 0. The second-order valence-electron chi connectivity index (χ2n) is 4.28. The minimum atomic E-state index is 0.652. The van der Waals surface area contributed by atoms with Crippen molar-refractivity contribution in [2.75, 3.05) is 6.61 Å². The van der Waals surface area contributed by atoms with Gasteiger partial charge in [-0.05, 0) is 24.1 Å². The third-order valence-corrected chi connectivity index (χ3v) is 2.74. The summed E-state index contributed by atoms with van der Waals surface area (Å²) in [5.41, 5.74) is 1.84. The van der Waals surface area contributed by atoms with Crippen LogP contribution in [0.3, 0.4) is 0 Å². The van der Waals surface area contributed by atoms with Crippen molar-refractivity contribution in [3.8, 4) is 6.07 Å². The predicted octanol–water partition coefficient (Wildman–Crippen LogP) is 4.05. The van der Waals surface area contributed by atoms with Crippen LogP contribution in [0, 0.1) is 11.3 Å². The van der Waals surface area contributed by atoms with Gasteiger partial charge in [0.25, 0.3) is 0 Å². The second-order valence-corrected chi connectivity index (χ2v) is 4.28. The van der Waals surface area contributed by atoms with Crippen LogP contribution in [-0.2, 0) is 11.3 Å². The van der Waals surface area contributed by atoms with Crippen molar-refractivity contribution >= 4 is 0 Å². The van der Waals surface area contributed by atoms with Crippen LogP contribution in [0.15, 0.2) is 24.3 Å². The summed E-state index contributed by atoms with van der Waals surface area (Å²) in [5.74, 6) is 0. The highest BCUT2D eigenvalue weighted by Crippen LogP contribution is 2.06. The van der Waals surface area contributed by atoms with E-state index in [0.717, 1.165) is 18.6 Å². The molecule has 0 amide bonds. The van der Waals surface area contributed by atoms with Crippen LogP contribution in [0.4, 0.5) is 0 Å². The molecule has 0 fully saturated rings. The van der Waals surface area contributed by atoms with Gasteiger partial charge in [0.2, 0.25) is 0 Å². The normalized spacial score (nSPS) is 10.1. The van der Waals surface area contributed by atoms with E-state index in [0.29, 0.717) is 12.2 Å². The highest BCUT2D eigenvalue weighted by atomic mass is 16.5. The molecular weight excluding hydrogens is 210 g/mol. The van der Waals surface area contributed by atoms with Gasteiger partial charge in [-0.3, -0.25) is 0 Å². The molecule has 0 unspecified atom stereocenters. The van der Waals surface area contributed by atoms with E-state index in [9.17, 15) is 0 Å². The molecule has 1 aromatic carbocycles. The van der Waals surface area contributed by atoms with Gasteiger partial charge in [0.05, 0.1) is 18.2 Å². The molecule has 2 nitrogen and oxygen atoms in total. The van der Waals surface area contributed by atoms with E-state index in [1.165, 1.54) is 25.7 Å². The minimum absolute atomic E-state index is 0.652. The first kappa shape index (κ1) is 13.7. The van der Waals surface area contributed by atoms with E-state index in [-0.39, 0.29) is 0 Å². The highest BCUT2D eigenvalue weighted by Gasteiger charge is 1.95. The first-order chi connectivity index (χ1) is 8.36. The smallest absolute Gasteiger partial charge is 0.0991 e. The zero-order valence-electron chi connectivity index (χ0n) is 10.6. The molecule has 0 N–H and O–H groups in total. The van der Waals surface area contributed by atoms with E-state index < -0.39 is 0 Å². The third kappa shape index (κ3) is 6.09. The lowest BCUT2D eigenvalue weighted by molar-refractivity contribution is 0.116. The lowest BCUT2D eigenvalue weighted by atomic mass is 10.1. The molecule has 0 spiro atoms. The number of ether oxygens (including phenoxy) is 1. The lowest BCUT2D eigenvalue weighted by Gasteiger charge is -2.04. The van der Waals surface area contributed by atoms with Crippen molar-refractivity contribution in [2.45, 2.75) is 45.6 Å². The van der Waals surface area contributed by atoms with E-state index in [4.69, 9.17) is 10.00 Å². The molecular formula is C15H21NO. The Morgan fingerprint density at radius 3 is 2.41 bits per heavy atom. The summed E-state index contributed by atoms with van der Waals surface area (Å²) < 4.78 is 5.59. The minimum Gasteiger partial charge on any atom is -0.377 e. The Morgan fingerprint density at radius 1 is 1.06 bits per heavy atom. The van der Waals surface area contributed by atoms with Gasteiger partial charge in [0.15, 0.2) is 0 Å². The summed E-state index contributed by atoms with van der Waals surface area (Å²) in [4.78, 5) is 0. The zero-order valence-corrected chi connectivity index (χ0v) is 10.6. The number of hydrogen-bond donors (Lipinski definition) is 0. The first-order valence-corrected chi connectivity index (χ1v) is 6.43. The van der Waals surface area contributed by atoms with E-state index in [1.807, 2.05) is 24.3 Å². The molecule has 0 aliphatic rings. The standard InChI is InChI=1S/C15H21NO/c1-2-3-4-5-6-11-17-13-15-9-7-14(12-16)8-10-15/h7-10H,2-6,11,13H2,1H3. The van der Waals surface area contributed by atoms with Gasteiger partial charge >= 0.3 is 0 Å². The van der Waals surface area contributed by atoms with E-state index in [1.54, 1.807) is 0 Å². The Kier molecular flexibility index (Phi) is 7.09. The van der Waals surface area contributed by atoms with Crippen molar-refractivity contribution in [3.63, 3.8) is 0 Å². The van der Waals surface area contributed by atoms with Crippen LogP contribution in [0.25, 0.3) is 0 Å². The summed E-state index contributed by atoms with van der Waals surface area (Å²) in [6.45, 7) is 3.71. The molecule has 0 saturated heterocycles. The number of benzene rings is 1. The molecule has 1 rings (SSSR count). The molecule has 0 saturated carbocycles. The molecule has 2 heteroatoms. The Morgan fingerprint density at radius 2 is 1.76 bits per heavy atom.